The topological polar surface area (TPSA) is 153 Å². The molecule has 0 aliphatic heterocycles. The van der Waals surface area contributed by atoms with Crippen molar-refractivity contribution in [3.05, 3.63) is 58.4 Å². The van der Waals surface area contributed by atoms with Crippen molar-refractivity contribution in [1.29, 1.82) is 0 Å². The Bertz CT molecular complexity index is 1530. The molecule has 5 N–H and O–H groups in total. The van der Waals surface area contributed by atoms with Gasteiger partial charge in [-0.2, -0.15) is 0 Å². The number of hydrogen-bond donors (Lipinski definition) is 5. The number of aliphatic hydroxyl groups is 3. The normalized spacial score (nSPS) is 32.0. The van der Waals surface area contributed by atoms with E-state index in [2.05, 4.69) is 10.6 Å². The van der Waals surface area contributed by atoms with Crippen LogP contribution < -0.4 is 10.6 Å². The number of carbonyl (C=O) groups is 2. The third-order valence-electron chi connectivity index (χ3n) is 9.35. The molecule has 2 aromatic carbocycles. The average Bonchev–Trinajstić information content (AvgIpc) is 3.31. The van der Waals surface area contributed by atoms with Gasteiger partial charge in [0, 0.05) is 35.8 Å². The quantitative estimate of drug-likeness (QED) is 0.290. The van der Waals surface area contributed by atoms with Gasteiger partial charge in [-0.3, -0.25) is 9.59 Å². The maximum atomic E-state index is 13.9. The van der Waals surface area contributed by atoms with Crippen molar-refractivity contribution in [3.8, 4) is 0 Å². The highest BCUT2D eigenvalue weighted by molar-refractivity contribution is 7.92. The molecule has 234 valence electrons. The molecule has 0 saturated heterocycles. The number of amides is 2. The van der Waals surface area contributed by atoms with Crippen molar-refractivity contribution in [2.75, 3.05) is 11.9 Å². The molecule has 2 bridgehead atoms. The number of hydrogen-bond acceptors (Lipinski definition) is 7. The first-order chi connectivity index (χ1) is 20.1. The fourth-order valence-electron chi connectivity index (χ4n) is 7.03. The molecule has 14 heteroatoms. The highest BCUT2D eigenvalue weighted by atomic mass is 35.5. The summed E-state index contributed by atoms with van der Waals surface area (Å²) < 4.78 is 68.2. The molecule has 3 unspecified atom stereocenters. The first-order valence-corrected chi connectivity index (χ1v) is 15.9. The Morgan fingerprint density at radius 3 is 2.23 bits per heavy atom. The van der Waals surface area contributed by atoms with Gasteiger partial charge in [-0.15, -0.1) is 0 Å². The van der Waals surface area contributed by atoms with Crippen molar-refractivity contribution in [2.45, 2.75) is 67.0 Å². The molecule has 7 atom stereocenters. The zero-order chi connectivity index (χ0) is 31.4. The average molecular weight is 645 g/mol. The van der Waals surface area contributed by atoms with Gasteiger partial charge >= 0.3 is 0 Å². The molecule has 5 rings (SSSR count). The molecular formula is C29H32ClF3N2O7S. The van der Waals surface area contributed by atoms with E-state index in [-0.39, 0.29) is 65.2 Å². The Labute approximate surface area is 251 Å². The van der Waals surface area contributed by atoms with Crippen LogP contribution in [0.4, 0.5) is 18.9 Å². The summed E-state index contributed by atoms with van der Waals surface area (Å²) in [4.78, 5) is 25.2. The number of sulfone groups is 1. The zero-order valence-electron chi connectivity index (χ0n) is 23.1. The molecule has 3 aliphatic rings. The monoisotopic (exact) mass is 644 g/mol. The van der Waals surface area contributed by atoms with Gasteiger partial charge in [0.05, 0.1) is 33.0 Å². The summed E-state index contributed by atoms with van der Waals surface area (Å²) in [6.07, 6.45) is -1.05. The lowest BCUT2D eigenvalue weighted by atomic mass is 9.73. The molecule has 0 spiro atoms. The van der Waals surface area contributed by atoms with Gasteiger partial charge in [0.1, 0.15) is 0 Å². The van der Waals surface area contributed by atoms with Crippen molar-refractivity contribution >= 4 is 38.9 Å². The van der Waals surface area contributed by atoms with Gasteiger partial charge in [-0.25, -0.2) is 21.6 Å². The van der Waals surface area contributed by atoms with E-state index in [1.54, 1.807) is 0 Å². The number of fused-ring (bicyclic) bond motifs is 2. The fraction of sp³-hybridized carbons (Fsp3) is 0.517. The van der Waals surface area contributed by atoms with Crippen LogP contribution in [0.1, 0.15) is 49.4 Å². The molecule has 3 saturated carbocycles. The van der Waals surface area contributed by atoms with Crippen LogP contribution in [0.2, 0.25) is 5.02 Å². The predicted molar refractivity (Wildman–Crippen MR) is 149 cm³/mol. The van der Waals surface area contributed by atoms with E-state index in [1.165, 1.54) is 12.1 Å². The zero-order valence-corrected chi connectivity index (χ0v) is 24.6. The maximum absolute atomic E-state index is 13.9. The van der Waals surface area contributed by atoms with E-state index >= 15 is 0 Å². The van der Waals surface area contributed by atoms with E-state index < -0.39 is 74.0 Å². The van der Waals surface area contributed by atoms with Crippen LogP contribution in [-0.4, -0.2) is 65.2 Å². The minimum atomic E-state index is -4.13. The first kappa shape index (κ1) is 31.7. The molecule has 2 amide bonds. The van der Waals surface area contributed by atoms with Crippen molar-refractivity contribution in [1.82, 2.24) is 5.32 Å². The number of anilines is 1. The Balaban J connectivity index is 1.32. The van der Waals surface area contributed by atoms with Crippen LogP contribution in [0, 0.1) is 41.1 Å². The van der Waals surface area contributed by atoms with Crippen LogP contribution in [0.3, 0.4) is 0 Å². The van der Waals surface area contributed by atoms with Crippen LogP contribution in [0.5, 0.6) is 0 Å². The van der Waals surface area contributed by atoms with E-state index in [4.69, 9.17) is 11.6 Å². The lowest BCUT2D eigenvalue weighted by Gasteiger charge is -2.43. The lowest BCUT2D eigenvalue weighted by Crippen LogP contribution is -2.55. The van der Waals surface area contributed by atoms with Crippen LogP contribution in [0.15, 0.2) is 35.2 Å². The summed E-state index contributed by atoms with van der Waals surface area (Å²) in [5.41, 5.74) is -1.89. The number of carbonyl (C=O) groups excluding carboxylic acids is 2. The summed E-state index contributed by atoms with van der Waals surface area (Å²) in [6, 6.07) is 4.71. The number of rotatable bonds is 7. The van der Waals surface area contributed by atoms with Crippen LogP contribution >= 0.6 is 11.6 Å². The van der Waals surface area contributed by atoms with Gasteiger partial charge in [0.15, 0.2) is 27.3 Å². The van der Waals surface area contributed by atoms with E-state index in [0.717, 1.165) is 6.07 Å². The smallest absolute Gasteiger partial charge is 0.255 e. The third-order valence-corrected chi connectivity index (χ3v) is 12.0. The highest BCUT2D eigenvalue weighted by Gasteiger charge is 2.58. The van der Waals surface area contributed by atoms with Gasteiger partial charge < -0.3 is 26.0 Å². The molecular weight excluding hydrogens is 613 g/mol. The Kier molecular flexibility index (Phi) is 8.60. The third kappa shape index (κ3) is 5.89. The summed E-state index contributed by atoms with van der Waals surface area (Å²) >= 11 is 6.28. The Morgan fingerprint density at radius 1 is 1.00 bits per heavy atom. The second-order valence-corrected chi connectivity index (χ2v) is 14.6. The molecule has 0 heterocycles. The standard InChI is InChI=1S/C29H32ClF3N2O7S/c1-13-4-16-8-18(11-19(13)29(16,40)12-34-27(38)15-5-23(36)24(37)6-15)43(41,42)25-7-14(2-3-20(25)30)28(39)35-17-9-21(31)26(33)22(32)10-17/h2-3,7,9-10,13,15-16,18-19,23-24,36-37,40H,4-6,8,11-12H2,1H3,(H,34,38)(H,35,39)/t13-,15?,16?,18+,19+,23?,24?,29+/m0/s1. The minimum absolute atomic E-state index is 0.0497. The maximum Gasteiger partial charge on any atom is 0.255 e. The summed E-state index contributed by atoms with van der Waals surface area (Å²) in [5.74, 6) is -7.58. The number of halogens is 4. The van der Waals surface area contributed by atoms with Gasteiger partial charge in [0.2, 0.25) is 5.91 Å². The van der Waals surface area contributed by atoms with E-state index in [9.17, 15) is 46.5 Å². The summed E-state index contributed by atoms with van der Waals surface area (Å²) in [6.45, 7) is 1.82. The highest BCUT2D eigenvalue weighted by Crippen LogP contribution is 2.54. The van der Waals surface area contributed by atoms with Gasteiger partial charge in [-0.05, 0) is 68.1 Å². The summed E-state index contributed by atoms with van der Waals surface area (Å²) in [7, 11) is -4.13. The Morgan fingerprint density at radius 2 is 1.63 bits per heavy atom. The van der Waals surface area contributed by atoms with Crippen LogP contribution in [-0.2, 0) is 14.6 Å². The predicted octanol–water partition coefficient (Wildman–Crippen LogP) is 3.20. The first-order valence-electron chi connectivity index (χ1n) is 14.0. The molecule has 43 heavy (non-hydrogen) atoms. The summed E-state index contributed by atoms with van der Waals surface area (Å²) in [5, 5.41) is 35.1. The second kappa shape index (κ2) is 11.7. The molecule has 0 aromatic heterocycles. The molecule has 2 aromatic rings. The number of benzene rings is 2. The van der Waals surface area contributed by atoms with E-state index in [0.29, 0.717) is 18.6 Å². The second-order valence-electron chi connectivity index (χ2n) is 12.0. The van der Waals surface area contributed by atoms with Gasteiger partial charge in [0.25, 0.3) is 5.91 Å². The minimum Gasteiger partial charge on any atom is -0.390 e. The van der Waals surface area contributed by atoms with Gasteiger partial charge in [-0.1, -0.05) is 18.5 Å². The molecule has 9 nitrogen and oxygen atoms in total. The van der Waals surface area contributed by atoms with Crippen molar-refractivity contribution in [2.24, 2.45) is 23.7 Å². The van der Waals surface area contributed by atoms with Crippen LogP contribution in [0.25, 0.3) is 0 Å². The SMILES string of the molecule is C[C@H]1CC2C[C@@H](S(=O)(=O)c3cc(C(=O)Nc4cc(F)c(F)c(F)c4)ccc3Cl)C[C@H]1[C@@]2(O)CNC(=O)C1CC(O)C(O)C1. The largest absolute Gasteiger partial charge is 0.390 e. The fourth-order valence-corrected chi connectivity index (χ4v) is 9.41. The van der Waals surface area contributed by atoms with Crippen molar-refractivity contribution < 1.29 is 46.5 Å². The Hall–Kier alpha value is -2.71. The number of nitrogens with one attached hydrogen (secondary N) is 2. The molecule has 3 aliphatic carbocycles. The molecule has 3 fully saturated rings. The molecule has 0 radical (unpaired) electrons. The van der Waals surface area contributed by atoms with E-state index in [1.807, 2.05) is 6.92 Å². The number of aliphatic hydroxyl groups excluding tert-OH is 2. The lowest BCUT2D eigenvalue weighted by molar-refractivity contribution is -0.128. The van der Waals surface area contributed by atoms with Crippen molar-refractivity contribution in [3.63, 3.8) is 0 Å².